The average Bonchev–Trinajstić information content (AvgIpc) is 3.08. The van der Waals surface area contributed by atoms with Crippen molar-refractivity contribution < 1.29 is 0 Å². The highest BCUT2D eigenvalue weighted by atomic mass is 15.4. The van der Waals surface area contributed by atoms with Crippen LogP contribution in [0.5, 0.6) is 0 Å². The molecule has 1 atom stereocenters. The van der Waals surface area contributed by atoms with Gasteiger partial charge < -0.3 is 4.57 Å². The summed E-state index contributed by atoms with van der Waals surface area (Å²) in [4.78, 5) is 7.08. The van der Waals surface area contributed by atoms with Crippen LogP contribution in [0.25, 0.3) is 0 Å². The molecule has 1 fully saturated rings. The van der Waals surface area contributed by atoms with Gasteiger partial charge >= 0.3 is 0 Å². The number of hydrogen-bond donors (Lipinski definition) is 0. The zero-order valence-corrected chi connectivity index (χ0v) is 12.2. The second-order valence-electron chi connectivity index (χ2n) is 5.44. The van der Waals surface area contributed by atoms with Gasteiger partial charge in [0.15, 0.2) is 0 Å². The highest BCUT2D eigenvalue weighted by Gasteiger charge is 2.27. The molecule has 1 aliphatic heterocycles. The summed E-state index contributed by atoms with van der Waals surface area (Å²) in [5.41, 5.74) is 1.04. The van der Waals surface area contributed by atoms with E-state index in [0.717, 1.165) is 25.3 Å². The van der Waals surface area contributed by atoms with Gasteiger partial charge in [-0.1, -0.05) is 11.6 Å². The van der Waals surface area contributed by atoms with E-state index in [1.807, 2.05) is 19.4 Å². The van der Waals surface area contributed by atoms with Crippen molar-refractivity contribution in [2.75, 3.05) is 6.54 Å². The lowest BCUT2D eigenvalue weighted by atomic mass is 10.0. The van der Waals surface area contributed by atoms with Crippen LogP contribution in [-0.4, -0.2) is 36.0 Å². The smallest absolute Gasteiger partial charge is 0.126 e. The SMILES string of the molecule is CCn1ccnc1C1CCCCN1Cc1cn(C)nn1. The zero-order chi connectivity index (χ0) is 13.9. The van der Waals surface area contributed by atoms with Gasteiger partial charge in [-0.2, -0.15) is 0 Å². The Morgan fingerprint density at radius 1 is 1.35 bits per heavy atom. The molecule has 1 saturated heterocycles. The molecule has 6 heteroatoms. The minimum atomic E-state index is 0.403. The summed E-state index contributed by atoms with van der Waals surface area (Å²) in [6.45, 7) is 5.11. The molecular weight excluding hydrogens is 252 g/mol. The number of likely N-dealkylation sites (tertiary alicyclic amines) is 1. The van der Waals surface area contributed by atoms with E-state index in [0.29, 0.717) is 6.04 Å². The lowest BCUT2D eigenvalue weighted by Gasteiger charge is -2.34. The third-order valence-electron chi connectivity index (χ3n) is 4.02. The van der Waals surface area contributed by atoms with E-state index in [9.17, 15) is 0 Å². The van der Waals surface area contributed by atoms with Gasteiger partial charge in [-0.3, -0.25) is 9.58 Å². The molecule has 0 spiro atoms. The Morgan fingerprint density at radius 3 is 3.00 bits per heavy atom. The number of aromatic nitrogens is 5. The highest BCUT2D eigenvalue weighted by Crippen LogP contribution is 2.30. The van der Waals surface area contributed by atoms with Crippen LogP contribution in [0.4, 0.5) is 0 Å². The number of aryl methyl sites for hydroxylation is 2. The molecule has 0 aliphatic carbocycles. The van der Waals surface area contributed by atoms with Gasteiger partial charge in [0.1, 0.15) is 5.82 Å². The second-order valence-corrected chi connectivity index (χ2v) is 5.44. The topological polar surface area (TPSA) is 51.8 Å². The van der Waals surface area contributed by atoms with Crippen molar-refractivity contribution >= 4 is 0 Å². The van der Waals surface area contributed by atoms with Gasteiger partial charge in [-0.15, -0.1) is 5.10 Å². The van der Waals surface area contributed by atoms with Crippen molar-refractivity contribution in [2.45, 2.75) is 45.3 Å². The number of hydrogen-bond acceptors (Lipinski definition) is 4. The first kappa shape index (κ1) is 13.3. The minimum Gasteiger partial charge on any atom is -0.334 e. The largest absolute Gasteiger partial charge is 0.334 e. The molecule has 0 bridgehead atoms. The van der Waals surface area contributed by atoms with Gasteiger partial charge in [0.05, 0.1) is 11.7 Å². The van der Waals surface area contributed by atoms with Crippen LogP contribution in [0.15, 0.2) is 18.6 Å². The molecule has 1 unspecified atom stereocenters. The maximum Gasteiger partial charge on any atom is 0.126 e. The monoisotopic (exact) mass is 274 g/mol. The highest BCUT2D eigenvalue weighted by molar-refractivity contribution is 5.03. The lowest BCUT2D eigenvalue weighted by Crippen LogP contribution is -2.34. The maximum absolute atomic E-state index is 4.59. The molecular formula is C14H22N6. The molecule has 2 aromatic heterocycles. The van der Waals surface area contributed by atoms with Crippen molar-refractivity contribution in [3.63, 3.8) is 0 Å². The van der Waals surface area contributed by atoms with Crippen molar-refractivity contribution in [1.29, 1.82) is 0 Å². The van der Waals surface area contributed by atoms with Crippen LogP contribution in [0.1, 0.15) is 43.7 Å². The summed E-state index contributed by atoms with van der Waals surface area (Å²) in [5.74, 6) is 1.19. The first-order chi connectivity index (χ1) is 9.78. The second kappa shape index (κ2) is 5.75. The average molecular weight is 274 g/mol. The van der Waals surface area contributed by atoms with Crippen molar-refractivity contribution in [3.8, 4) is 0 Å². The predicted octanol–water partition coefficient (Wildman–Crippen LogP) is 1.76. The molecule has 1 aliphatic rings. The minimum absolute atomic E-state index is 0.403. The Morgan fingerprint density at radius 2 is 2.25 bits per heavy atom. The summed E-state index contributed by atoms with van der Waals surface area (Å²) in [7, 11) is 1.91. The van der Waals surface area contributed by atoms with Crippen molar-refractivity contribution in [1.82, 2.24) is 29.4 Å². The van der Waals surface area contributed by atoms with Gasteiger partial charge in [-0.05, 0) is 26.3 Å². The molecule has 0 saturated carbocycles. The molecule has 0 N–H and O–H groups in total. The molecule has 108 valence electrons. The Balaban J connectivity index is 1.80. The van der Waals surface area contributed by atoms with E-state index in [-0.39, 0.29) is 0 Å². The third kappa shape index (κ3) is 2.60. The molecule has 20 heavy (non-hydrogen) atoms. The van der Waals surface area contributed by atoms with Crippen LogP contribution in [0, 0.1) is 0 Å². The molecule has 0 amide bonds. The molecule has 3 rings (SSSR count). The van der Waals surface area contributed by atoms with Crippen molar-refractivity contribution in [3.05, 3.63) is 30.1 Å². The molecule has 3 heterocycles. The predicted molar refractivity (Wildman–Crippen MR) is 75.9 cm³/mol. The molecule has 0 radical (unpaired) electrons. The van der Waals surface area contributed by atoms with Gasteiger partial charge in [0.25, 0.3) is 0 Å². The van der Waals surface area contributed by atoms with E-state index < -0.39 is 0 Å². The number of nitrogens with zero attached hydrogens (tertiary/aromatic N) is 6. The summed E-state index contributed by atoms with van der Waals surface area (Å²) >= 11 is 0. The maximum atomic E-state index is 4.59. The Labute approximate surface area is 119 Å². The fraction of sp³-hybridized carbons (Fsp3) is 0.643. The Kier molecular flexibility index (Phi) is 3.82. The van der Waals surface area contributed by atoms with Gasteiger partial charge in [-0.25, -0.2) is 4.98 Å². The van der Waals surface area contributed by atoms with Gasteiger partial charge in [0.2, 0.25) is 0 Å². The zero-order valence-electron chi connectivity index (χ0n) is 12.2. The normalized spacial score (nSPS) is 20.4. The third-order valence-corrected chi connectivity index (χ3v) is 4.02. The number of imidazole rings is 1. The van der Waals surface area contributed by atoms with E-state index >= 15 is 0 Å². The molecule has 2 aromatic rings. The molecule has 6 nitrogen and oxygen atoms in total. The Bertz CT molecular complexity index is 558. The van der Waals surface area contributed by atoms with E-state index in [1.165, 1.54) is 25.1 Å². The van der Waals surface area contributed by atoms with Crippen LogP contribution >= 0.6 is 0 Å². The number of piperidine rings is 1. The summed E-state index contributed by atoms with van der Waals surface area (Å²) < 4.78 is 4.01. The fourth-order valence-electron chi connectivity index (χ4n) is 3.03. The standard InChI is InChI=1S/C14H22N6/c1-3-19-9-7-15-14(19)13-6-4-5-8-20(13)11-12-10-18(2)17-16-12/h7,9-10,13H,3-6,8,11H2,1-2H3. The fourth-order valence-corrected chi connectivity index (χ4v) is 3.03. The van der Waals surface area contributed by atoms with E-state index in [4.69, 9.17) is 0 Å². The summed E-state index contributed by atoms with van der Waals surface area (Å²) in [6.07, 6.45) is 9.69. The number of rotatable bonds is 4. The van der Waals surface area contributed by atoms with Crippen LogP contribution in [-0.2, 0) is 20.1 Å². The van der Waals surface area contributed by atoms with E-state index in [1.54, 1.807) is 4.68 Å². The van der Waals surface area contributed by atoms with E-state index in [2.05, 4.69) is 37.9 Å². The molecule has 0 aromatic carbocycles. The summed E-state index contributed by atoms with van der Waals surface area (Å²) in [5, 5.41) is 8.24. The summed E-state index contributed by atoms with van der Waals surface area (Å²) in [6, 6.07) is 0.403. The Hall–Kier alpha value is -1.69. The quantitative estimate of drug-likeness (QED) is 0.852. The lowest BCUT2D eigenvalue weighted by molar-refractivity contribution is 0.129. The first-order valence-corrected chi connectivity index (χ1v) is 7.38. The van der Waals surface area contributed by atoms with Gasteiger partial charge in [0, 0.05) is 38.7 Å². The van der Waals surface area contributed by atoms with Crippen molar-refractivity contribution in [2.24, 2.45) is 7.05 Å². The van der Waals surface area contributed by atoms with Crippen LogP contribution in [0.3, 0.4) is 0 Å². The first-order valence-electron chi connectivity index (χ1n) is 7.38. The van der Waals surface area contributed by atoms with Crippen LogP contribution < -0.4 is 0 Å². The van der Waals surface area contributed by atoms with Crippen LogP contribution in [0.2, 0.25) is 0 Å².